The molecule has 0 N–H and O–H groups in total. The maximum atomic E-state index is 3.72. The summed E-state index contributed by atoms with van der Waals surface area (Å²) in [6.07, 6.45) is 0. The summed E-state index contributed by atoms with van der Waals surface area (Å²) in [5.74, 6) is 0. The Balaban J connectivity index is 3.96. The molecule has 0 aromatic heterocycles. The summed E-state index contributed by atoms with van der Waals surface area (Å²) >= 11 is 3.59. The summed E-state index contributed by atoms with van der Waals surface area (Å²) in [5.41, 5.74) is 3.97. The highest BCUT2D eigenvalue weighted by Gasteiger charge is 2.17. The summed E-state index contributed by atoms with van der Waals surface area (Å²) < 4.78 is 0. The molecule has 0 bridgehead atoms. The van der Waals surface area contributed by atoms with E-state index in [1.807, 2.05) is 11.4 Å². The third-order valence-corrected chi connectivity index (χ3v) is 7.29. The summed E-state index contributed by atoms with van der Waals surface area (Å²) in [7, 11) is 0. The van der Waals surface area contributed by atoms with Crippen LogP contribution in [-0.2, 0) is 0 Å². The van der Waals surface area contributed by atoms with Crippen LogP contribution in [0.3, 0.4) is 0 Å². The van der Waals surface area contributed by atoms with Crippen LogP contribution < -0.4 is 0 Å². The molecule has 0 nitrogen and oxygen atoms in total. The van der Waals surface area contributed by atoms with Crippen molar-refractivity contribution in [1.82, 2.24) is 0 Å². The SMILES string of the molecule is C=C[Si](Br)(C=C)CC. The van der Waals surface area contributed by atoms with Gasteiger partial charge in [0, 0.05) is 0 Å². The minimum Gasteiger partial charge on any atom is -0.115 e. The molecule has 0 fully saturated rings. The fourth-order valence-corrected chi connectivity index (χ4v) is 1.12. The molecule has 0 heterocycles. The van der Waals surface area contributed by atoms with E-state index in [2.05, 4.69) is 35.4 Å². The Morgan fingerprint density at radius 3 is 1.88 bits per heavy atom. The second-order valence-corrected chi connectivity index (χ2v) is 9.49. The zero-order chi connectivity index (χ0) is 6.62. The van der Waals surface area contributed by atoms with Crippen molar-refractivity contribution in [2.75, 3.05) is 0 Å². The van der Waals surface area contributed by atoms with Crippen molar-refractivity contribution in [2.45, 2.75) is 13.0 Å². The first-order valence-corrected chi connectivity index (χ1v) is 7.26. The summed E-state index contributed by atoms with van der Waals surface area (Å²) in [6.45, 7) is 8.25. The van der Waals surface area contributed by atoms with Gasteiger partial charge in [0.2, 0.25) is 0 Å². The van der Waals surface area contributed by atoms with Crippen molar-refractivity contribution in [3.63, 3.8) is 0 Å². The Morgan fingerprint density at radius 2 is 1.88 bits per heavy atom. The maximum Gasteiger partial charge on any atom is 0.175 e. The van der Waals surface area contributed by atoms with Crippen LogP contribution in [0.1, 0.15) is 6.92 Å². The van der Waals surface area contributed by atoms with Gasteiger partial charge in [-0.25, -0.2) is 0 Å². The molecule has 0 atom stereocenters. The Kier molecular flexibility index (Phi) is 3.32. The molecule has 0 amide bonds. The third kappa shape index (κ3) is 1.97. The molecule has 0 unspecified atom stereocenters. The lowest BCUT2D eigenvalue weighted by molar-refractivity contribution is 1.43. The van der Waals surface area contributed by atoms with E-state index < -0.39 is 6.69 Å². The van der Waals surface area contributed by atoms with Crippen LogP contribution in [0, 0.1) is 0 Å². The van der Waals surface area contributed by atoms with Crippen molar-refractivity contribution in [1.29, 1.82) is 0 Å². The smallest absolute Gasteiger partial charge is 0.115 e. The van der Waals surface area contributed by atoms with E-state index >= 15 is 0 Å². The molecule has 0 aliphatic carbocycles. The molecule has 2 heteroatoms. The highest BCUT2D eigenvalue weighted by Crippen LogP contribution is 2.18. The normalized spacial score (nSPS) is 10.8. The van der Waals surface area contributed by atoms with E-state index in [0.717, 1.165) is 6.04 Å². The average Bonchev–Trinajstić information content (AvgIpc) is 1.87. The molecule has 0 rings (SSSR count). The Labute approximate surface area is 59.9 Å². The third-order valence-electron chi connectivity index (χ3n) is 1.22. The second kappa shape index (κ2) is 3.25. The monoisotopic (exact) mass is 190 g/mol. The highest BCUT2D eigenvalue weighted by atomic mass is 79.9. The number of halogens is 1. The van der Waals surface area contributed by atoms with E-state index in [9.17, 15) is 0 Å². The van der Waals surface area contributed by atoms with Gasteiger partial charge in [-0.3, -0.25) is 0 Å². The van der Waals surface area contributed by atoms with Gasteiger partial charge in [-0.2, -0.15) is 0 Å². The lowest BCUT2D eigenvalue weighted by atomic mass is 11.0. The van der Waals surface area contributed by atoms with Gasteiger partial charge in [0.15, 0.2) is 6.69 Å². The molecule has 0 aromatic carbocycles. The molecule has 0 saturated heterocycles. The molecule has 46 valence electrons. The Bertz CT molecular complexity index is 90.7. The van der Waals surface area contributed by atoms with Gasteiger partial charge in [-0.15, -0.1) is 28.5 Å². The van der Waals surface area contributed by atoms with Gasteiger partial charge < -0.3 is 0 Å². The van der Waals surface area contributed by atoms with Crippen LogP contribution in [0.25, 0.3) is 0 Å². The number of hydrogen-bond donors (Lipinski definition) is 0. The lowest BCUT2D eigenvalue weighted by Gasteiger charge is -2.10. The van der Waals surface area contributed by atoms with E-state index in [-0.39, 0.29) is 0 Å². The number of hydrogen-bond acceptors (Lipinski definition) is 0. The van der Waals surface area contributed by atoms with Crippen LogP contribution in [0.4, 0.5) is 0 Å². The predicted molar refractivity (Wildman–Crippen MR) is 45.6 cm³/mol. The molecule has 0 aliphatic heterocycles. The van der Waals surface area contributed by atoms with Gasteiger partial charge in [0.25, 0.3) is 0 Å². The first kappa shape index (κ1) is 8.18. The fourth-order valence-electron chi connectivity index (χ4n) is 0.372. The zero-order valence-corrected chi connectivity index (χ0v) is 7.74. The standard InChI is InChI=1S/C6H11BrSi/c1-4-8(7,5-2)6-3/h4-5H,1-2,6H2,3H3. The van der Waals surface area contributed by atoms with Crippen LogP contribution in [0.5, 0.6) is 0 Å². The molecular weight excluding hydrogens is 180 g/mol. The zero-order valence-electron chi connectivity index (χ0n) is 5.15. The van der Waals surface area contributed by atoms with E-state index in [1.54, 1.807) is 0 Å². The largest absolute Gasteiger partial charge is 0.175 e. The van der Waals surface area contributed by atoms with E-state index in [1.165, 1.54) is 0 Å². The van der Waals surface area contributed by atoms with E-state index in [0.29, 0.717) is 0 Å². The molecule has 8 heavy (non-hydrogen) atoms. The minimum atomic E-state index is -1.33. The molecule has 0 saturated carbocycles. The molecular formula is C6H11BrSi. The topological polar surface area (TPSA) is 0 Å². The summed E-state index contributed by atoms with van der Waals surface area (Å²) in [4.78, 5) is 0. The van der Waals surface area contributed by atoms with Gasteiger partial charge in [0.1, 0.15) is 0 Å². The van der Waals surface area contributed by atoms with Crippen molar-refractivity contribution in [3.8, 4) is 0 Å². The lowest BCUT2D eigenvalue weighted by Crippen LogP contribution is -2.17. The first-order valence-electron chi connectivity index (χ1n) is 2.64. The predicted octanol–water partition coefficient (Wildman–Crippen LogP) is 2.80. The van der Waals surface area contributed by atoms with Gasteiger partial charge in [0.05, 0.1) is 0 Å². The van der Waals surface area contributed by atoms with Crippen molar-refractivity contribution >= 4 is 22.0 Å². The van der Waals surface area contributed by atoms with Crippen LogP contribution >= 0.6 is 15.3 Å². The second-order valence-electron chi connectivity index (χ2n) is 1.69. The van der Waals surface area contributed by atoms with Gasteiger partial charge >= 0.3 is 0 Å². The van der Waals surface area contributed by atoms with Crippen LogP contribution in [0.15, 0.2) is 24.6 Å². The summed E-state index contributed by atoms with van der Waals surface area (Å²) in [6, 6.07) is 1.14. The minimum absolute atomic E-state index is 1.14. The highest BCUT2D eigenvalue weighted by molar-refractivity contribution is 9.26. The molecule has 0 aliphatic rings. The molecule has 0 spiro atoms. The van der Waals surface area contributed by atoms with Gasteiger partial charge in [-0.1, -0.05) is 18.3 Å². The Hall–Kier alpha value is 0.177. The van der Waals surface area contributed by atoms with Crippen molar-refractivity contribution in [2.24, 2.45) is 0 Å². The fraction of sp³-hybridized carbons (Fsp3) is 0.333. The first-order chi connectivity index (χ1) is 3.68. The van der Waals surface area contributed by atoms with Crippen molar-refractivity contribution < 1.29 is 0 Å². The Morgan fingerprint density at radius 1 is 1.50 bits per heavy atom. The van der Waals surface area contributed by atoms with Crippen LogP contribution in [0.2, 0.25) is 6.04 Å². The number of rotatable bonds is 3. The average molecular weight is 191 g/mol. The molecule has 0 radical (unpaired) electrons. The summed E-state index contributed by atoms with van der Waals surface area (Å²) in [5, 5.41) is 0. The van der Waals surface area contributed by atoms with E-state index in [4.69, 9.17) is 0 Å². The van der Waals surface area contributed by atoms with Gasteiger partial charge in [-0.05, 0) is 6.04 Å². The maximum absolute atomic E-state index is 3.72. The van der Waals surface area contributed by atoms with Crippen LogP contribution in [-0.4, -0.2) is 6.69 Å². The molecule has 0 aromatic rings. The van der Waals surface area contributed by atoms with Crippen molar-refractivity contribution in [3.05, 3.63) is 24.6 Å². The quantitative estimate of drug-likeness (QED) is 0.475.